The summed E-state index contributed by atoms with van der Waals surface area (Å²) in [6, 6.07) is 16.3. The van der Waals surface area contributed by atoms with Gasteiger partial charge in [0.1, 0.15) is 0 Å². The minimum absolute atomic E-state index is 0.00211. The molecule has 126 valence electrons. The molecule has 0 aromatic heterocycles. The zero-order valence-electron chi connectivity index (χ0n) is 14.1. The SMILES string of the molecule is Cc1cccc(C(=O)N2CCN(C(=O)c3cccc(C#N)c3)CC2)c1. The summed E-state index contributed by atoms with van der Waals surface area (Å²) in [6.07, 6.45) is 0. The van der Waals surface area contributed by atoms with Crippen LogP contribution in [-0.2, 0) is 0 Å². The number of carbonyl (C=O) groups excluding carboxylic acids is 2. The predicted octanol–water partition coefficient (Wildman–Crippen LogP) is 2.46. The molecule has 1 aliphatic rings. The third kappa shape index (κ3) is 3.69. The monoisotopic (exact) mass is 333 g/mol. The van der Waals surface area contributed by atoms with Crippen LogP contribution in [0.2, 0.25) is 0 Å². The van der Waals surface area contributed by atoms with Gasteiger partial charge in [0.15, 0.2) is 0 Å². The van der Waals surface area contributed by atoms with Gasteiger partial charge < -0.3 is 9.80 Å². The minimum Gasteiger partial charge on any atom is -0.335 e. The smallest absolute Gasteiger partial charge is 0.254 e. The number of carbonyl (C=O) groups is 2. The second-order valence-electron chi connectivity index (χ2n) is 6.15. The predicted molar refractivity (Wildman–Crippen MR) is 94.1 cm³/mol. The maximum Gasteiger partial charge on any atom is 0.254 e. The van der Waals surface area contributed by atoms with Crippen molar-refractivity contribution in [3.63, 3.8) is 0 Å². The Balaban J connectivity index is 1.64. The minimum atomic E-state index is -0.0974. The van der Waals surface area contributed by atoms with Gasteiger partial charge in [-0.25, -0.2) is 0 Å². The lowest BCUT2D eigenvalue weighted by Gasteiger charge is -2.35. The summed E-state index contributed by atoms with van der Waals surface area (Å²) in [5.41, 5.74) is 2.72. The van der Waals surface area contributed by atoms with Crippen LogP contribution in [0.25, 0.3) is 0 Å². The Labute approximate surface area is 147 Å². The third-order valence-electron chi connectivity index (χ3n) is 4.36. The molecular formula is C20H19N3O2. The Hall–Kier alpha value is -3.13. The molecule has 5 heteroatoms. The van der Waals surface area contributed by atoms with Gasteiger partial charge in [0, 0.05) is 37.3 Å². The summed E-state index contributed by atoms with van der Waals surface area (Å²) in [5.74, 6) is -0.0953. The fraction of sp³-hybridized carbons (Fsp3) is 0.250. The molecule has 3 rings (SSSR count). The van der Waals surface area contributed by atoms with Crippen molar-refractivity contribution >= 4 is 11.8 Å². The highest BCUT2D eigenvalue weighted by Gasteiger charge is 2.25. The quantitative estimate of drug-likeness (QED) is 0.848. The molecule has 2 aromatic carbocycles. The van der Waals surface area contributed by atoms with Gasteiger partial charge in [-0.2, -0.15) is 5.26 Å². The first kappa shape index (κ1) is 16.7. The number of amides is 2. The Morgan fingerprint density at radius 3 is 1.92 bits per heavy atom. The van der Waals surface area contributed by atoms with Gasteiger partial charge in [-0.15, -0.1) is 0 Å². The van der Waals surface area contributed by atoms with Crippen molar-refractivity contribution in [2.24, 2.45) is 0 Å². The first-order valence-corrected chi connectivity index (χ1v) is 8.24. The van der Waals surface area contributed by atoms with Crippen molar-refractivity contribution in [2.45, 2.75) is 6.92 Å². The van der Waals surface area contributed by atoms with Crippen molar-refractivity contribution in [2.75, 3.05) is 26.2 Å². The number of rotatable bonds is 2. The number of hydrogen-bond acceptors (Lipinski definition) is 3. The van der Waals surface area contributed by atoms with Gasteiger partial charge in [0.25, 0.3) is 11.8 Å². The Bertz CT molecular complexity index is 846. The average molecular weight is 333 g/mol. The molecule has 1 fully saturated rings. The van der Waals surface area contributed by atoms with E-state index in [1.165, 1.54) is 0 Å². The van der Waals surface area contributed by atoms with Gasteiger partial charge in [-0.3, -0.25) is 9.59 Å². The van der Waals surface area contributed by atoms with Gasteiger partial charge in [0.05, 0.1) is 11.6 Å². The average Bonchev–Trinajstić information content (AvgIpc) is 2.67. The van der Waals surface area contributed by atoms with Crippen molar-refractivity contribution in [3.8, 4) is 6.07 Å². The molecule has 25 heavy (non-hydrogen) atoms. The van der Waals surface area contributed by atoms with Crippen LogP contribution < -0.4 is 0 Å². The summed E-state index contributed by atoms with van der Waals surface area (Å²) in [4.78, 5) is 28.7. The molecule has 2 aromatic rings. The molecule has 0 saturated carbocycles. The second kappa shape index (κ2) is 7.18. The van der Waals surface area contributed by atoms with E-state index in [2.05, 4.69) is 0 Å². The van der Waals surface area contributed by atoms with E-state index < -0.39 is 0 Å². The van der Waals surface area contributed by atoms with Gasteiger partial charge in [-0.05, 0) is 37.3 Å². The van der Waals surface area contributed by atoms with Crippen molar-refractivity contribution in [1.29, 1.82) is 5.26 Å². The standard InChI is InChI=1S/C20H19N3O2/c1-15-4-2-6-17(12-15)19(24)22-8-10-23(11-9-22)20(25)18-7-3-5-16(13-18)14-21/h2-7,12-13H,8-11H2,1H3. The van der Waals surface area contributed by atoms with E-state index >= 15 is 0 Å². The Morgan fingerprint density at radius 2 is 1.40 bits per heavy atom. The van der Waals surface area contributed by atoms with Gasteiger partial charge in [0.2, 0.25) is 0 Å². The van der Waals surface area contributed by atoms with Crippen LogP contribution in [0.4, 0.5) is 0 Å². The molecule has 0 spiro atoms. The lowest BCUT2D eigenvalue weighted by Crippen LogP contribution is -2.50. The summed E-state index contributed by atoms with van der Waals surface area (Å²) in [5, 5.41) is 8.96. The van der Waals surface area contributed by atoms with Crippen LogP contribution >= 0.6 is 0 Å². The zero-order chi connectivity index (χ0) is 17.8. The normalized spacial score (nSPS) is 14.1. The first-order valence-electron chi connectivity index (χ1n) is 8.24. The topological polar surface area (TPSA) is 64.4 Å². The van der Waals surface area contributed by atoms with Crippen molar-refractivity contribution in [3.05, 3.63) is 70.8 Å². The molecule has 0 bridgehead atoms. The van der Waals surface area contributed by atoms with E-state index in [1.807, 2.05) is 37.3 Å². The number of benzene rings is 2. The number of aryl methyl sites for hydroxylation is 1. The molecule has 0 unspecified atom stereocenters. The number of hydrogen-bond donors (Lipinski definition) is 0. The van der Waals surface area contributed by atoms with Crippen LogP contribution in [0.5, 0.6) is 0 Å². The van der Waals surface area contributed by atoms with E-state index in [9.17, 15) is 9.59 Å². The van der Waals surface area contributed by atoms with Crippen molar-refractivity contribution < 1.29 is 9.59 Å². The summed E-state index contributed by atoms with van der Waals surface area (Å²) >= 11 is 0. The van der Waals surface area contributed by atoms with Crippen LogP contribution in [0, 0.1) is 18.3 Å². The van der Waals surface area contributed by atoms with Crippen LogP contribution in [-0.4, -0.2) is 47.8 Å². The molecule has 0 radical (unpaired) electrons. The van der Waals surface area contributed by atoms with Crippen LogP contribution in [0.3, 0.4) is 0 Å². The molecule has 5 nitrogen and oxygen atoms in total. The van der Waals surface area contributed by atoms with Crippen LogP contribution in [0.15, 0.2) is 48.5 Å². The highest BCUT2D eigenvalue weighted by Crippen LogP contribution is 2.13. The zero-order valence-corrected chi connectivity index (χ0v) is 14.1. The van der Waals surface area contributed by atoms with Gasteiger partial charge >= 0.3 is 0 Å². The maximum absolute atomic E-state index is 12.6. The Morgan fingerprint density at radius 1 is 0.880 bits per heavy atom. The Kier molecular flexibility index (Phi) is 4.80. The largest absolute Gasteiger partial charge is 0.335 e. The van der Waals surface area contributed by atoms with E-state index in [-0.39, 0.29) is 11.8 Å². The third-order valence-corrected chi connectivity index (χ3v) is 4.36. The van der Waals surface area contributed by atoms with E-state index in [0.717, 1.165) is 5.56 Å². The molecule has 1 aliphatic heterocycles. The maximum atomic E-state index is 12.6. The first-order chi connectivity index (χ1) is 12.1. The fourth-order valence-corrected chi connectivity index (χ4v) is 2.98. The summed E-state index contributed by atoms with van der Waals surface area (Å²) < 4.78 is 0. The van der Waals surface area contributed by atoms with E-state index in [0.29, 0.717) is 42.9 Å². The highest BCUT2D eigenvalue weighted by molar-refractivity contribution is 5.96. The lowest BCUT2D eigenvalue weighted by atomic mass is 10.1. The summed E-state index contributed by atoms with van der Waals surface area (Å²) in [7, 11) is 0. The van der Waals surface area contributed by atoms with E-state index in [4.69, 9.17) is 5.26 Å². The van der Waals surface area contributed by atoms with Crippen LogP contribution in [0.1, 0.15) is 31.8 Å². The highest BCUT2D eigenvalue weighted by atomic mass is 16.2. The summed E-state index contributed by atoms with van der Waals surface area (Å²) in [6.45, 7) is 3.97. The number of piperazine rings is 1. The fourth-order valence-electron chi connectivity index (χ4n) is 2.98. The molecule has 1 saturated heterocycles. The molecular weight excluding hydrogens is 314 g/mol. The molecule has 0 atom stereocenters. The molecule has 0 N–H and O–H groups in total. The van der Waals surface area contributed by atoms with E-state index in [1.54, 1.807) is 34.1 Å². The number of nitriles is 1. The second-order valence-corrected chi connectivity index (χ2v) is 6.15. The number of nitrogens with zero attached hydrogens (tertiary/aromatic N) is 3. The van der Waals surface area contributed by atoms with Gasteiger partial charge in [-0.1, -0.05) is 23.8 Å². The molecule has 2 amide bonds. The molecule has 1 heterocycles. The van der Waals surface area contributed by atoms with Crippen molar-refractivity contribution in [1.82, 2.24) is 9.80 Å². The molecule has 0 aliphatic carbocycles. The lowest BCUT2D eigenvalue weighted by molar-refractivity contribution is 0.0535.